The number of hydrogen-bond donors (Lipinski definition) is 1. The monoisotopic (exact) mass is 203 g/mol. The van der Waals surface area contributed by atoms with Gasteiger partial charge in [-0.2, -0.15) is 0 Å². The fraction of sp³-hybridized carbons (Fsp3) is 0.429. The molecule has 0 aliphatic heterocycles. The van der Waals surface area contributed by atoms with Gasteiger partial charge in [-0.1, -0.05) is 43.3 Å². The Kier molecular flexibility index (Phi) is 5.79. The van der Waals surface area contributed by atoms with Crippen LogP contribution < -0.4 is 5.32 Å². The van der Waals surface area contributed by atoms with Crippen molar-refractivity contribution in [1.29, 1.82) is 0 Å². The lowest BCUT2D eigenvalue weighted by Gasteiger charge is -2.18. The van der Waals surface area contributed by atoms with E-state index in [-0.39, 0.29) is 0 Å². The summed E-state index contributed by atoms with van der Waals surface area (Å²) in [6.45, 7) is 7.06. The molecule has 1 N–H and O–H groups in total. The summed E-state index contributed by atoms with van der Waals surface area (Å²) in [6, 6.07) is 11.1. The molecule has 1 rings (SSSR count). The minimum absolute atomic E-state index is 0.476. The summed E-state index contributed by atoms with van der Waals surface area (Å²) in [5.74, 6) is 0. The van der Waals surface area contributed by atoms with Crippen LogP contribution in [0, 0.1) is 0 Å². The summed E-state index contributed by atoms with van der Waals surface area (Å²) in [5, 5.41) is 3.57. The third kappa shape index (κ3) is 4.30. The average molecular weight is 203 g/mol. The number of rotatable bonds is 7. The molecule has 1 aromatic carbocycles. The van der Waals surface area contributed by atoms with Gasteiger partial charge in [0.15, 0.2) is 0 Å². The average Bonchev–Trinajstić information content (AvgIpc) is 2.30. The summed E-state index contributed by atoms with van der Waals surface area (Å²) >= 11 is 0. The van der Waals surface area contributed by atoms with E-state index < -0.39 is 0 Å². The van der Waals surface area contributed by atoms with Crippen LogP contribution in [0.15, 0.2) is 43.0 Å². The quantitative estimate of drug-likeness (QED) is 0.666. The molecule has 0 aromatic heterocycles. The van der Waals surface area contributed by atoms with Crippen molar-refractivity contribution < 1.29 is 0 Å². The first kappa shape index (κ1) is 12.0. The molecular weight excluding hydrogens is 182 g/mol. The van der Waals surface area contributed by atoms with Crippen molar-refractivity contribution >= 4 is 0 Å². The molecule has 1 atom stereocenters. The lowest BCUT2D eigenvalue weighted by molar-refractivity contribution is 0.503. The third-order valence-electron chi connectivity index (χ3n) is 2.50. The summed E-state index contributed by atoms with van der Waals surface area (Å²) in [5.41, 5.74) is 1.38. The number of nitrogens with one attached hydrogen (secondary N) is 1. The van der Waals surface area contributed by atoms with Crippen LogP contribution >= 0.6 is 0 Å². The summed E-state index contributed by atoms with van der Waals surface area (Å²) < 4.78 is 0. The van der Waals surface area contributed by atoms with Crippen molar-refractivity contribution in [2.75, 3.05) is 6.54 Å². The molecule has 0 radical (unpaired) electrons. The van der Waals surface area contributed by atoms with E-state index >= 15 is 0 Å². The maximum atomic E-state index is 3.78. The predicted molar refractivity (Wildman–Crippen MR) is 66.9 cm³/mol. The van der Waals surface area contributed by atoms with Crippen molar-refractivity contribution in [3.05, 3.63) is 48.6 Å². The molecular formula is C14H21N. The summed E-state index contributed by atoms with van der Waals surface area (Å²) in [7, 11) is 0. The molecule has 0 saturated carbocycles. The van der Waals surface area contributed by atoms with Crippen LogP contribution in [-0.4, -0.2) is 6.54 Å². The minimum Gasteiger partial charge on any atom is -0.310 e. The van der Waals surface area contributed by atoms with Gasteiger partial charge in [-0.15, -0.1) is 6.58 Å². The molecule has 0 aliphatic carbocycles. The third-order valence-corrected chi connectivity index (χ3v) is 2.50. The Bertz CT molecular complexity index is 266. The Labute approximate surface area is 93.2 Å². The van der Waals surface area contributed by atoms with E-state index in [0.29, 0.717) is 6.04 Å². The first-order valence-electron chi connectivity index (χ1n) is 5.77. The van der Waals surface area contributed by atoms with Crippen molar-refractivity contribution in [3.8, 4) is 0 Å². The highest BCUT2D eigenvalue weighted by atomic mass is 14.9. The van der Waals surface area contributed by atoms with E-state index in [2.05, 4.69) is 49.2 Å². The van der Waals surface area contributed by atoms with Crippen LogP contribution in [0.2, 0.25) is 0 Å². The second-order valence-electron chi connectivity index (χ2n) is 3.78. The molecule has 15 heavy (non-hydrogen) atoms. The SMILES string of the molecule is C=CCCC(NCCC)c1ccccc1. The zero-order valence-electron chi connectivity index (χ0n) is 9.58. The van der Waals surface area contributed by atoms with E-state index in [1.807, 2.05) is 6.08 Å². The predicted octanol–water partition coefficient (Wildman–Crippen LogP) is 3.69. The van der Waals surface area contributed by atoms with E-state index in [1.165, 1.54) is 12.0 Å². The largest absolute Gasteiger partial charge is 0.310 e. The van der Waals surface area contributed by atoms with Gasteiger partial charge in [0.25, 0.3) is 0 Å². The fourth-order valence-corrected chi connectivity index (χ4v) is 1.68. The zero-order chi connectivity index (χ0) is 10.9. The molecule has 1 nitrogen and oxygen atoms in total. The molecule has 0 saturated heterocycles. The second-order valence-corrected chi connectivity index (χ2v) is 3.78. The van der Waals surface area contributed by atoms with Crippen molar-refractivity contribution in [3.63, 3.8) is 0 Å². The van der Waals surface area contributed by atoms with Crippen molar-refractivity contribution in [2.45, 2.75) is 32.2 Å². The van der Waals surface area contributed by atoms with Crippen LogP contribution in [0.1, 0.15) is 37.8 Å². The summed E-state index contributed by atoms with van der Waals surface area (Å²) in [6.07, 6.45) is 5.37. The van der Waals surface area contributed by atoms with Gasteiger partial charge in [0.05, 0.1) is 0 Å². The Balaban J connectivity index is 2.58. The van der Waals surface area contributed by atoms with Gasteiger partial charge in [0, 0.05) is 6.04 Å². The topological polar surface area (TPSA) is 12.0 Å². The molecule has 82 valence electrons. The normalized spacial score (nSPS) is 12.3. The molecule has 0 aliphatic rings. The molecule has 0 amide bonds. The van der Waals surface area contributed by atoms with Gasteiger partial charge in [0.1, 0.15) is 0 Å². The maximum Gasteiger partial charge on any atom is 0.0323 e. The van der Waals surface area contributed by atoms with E-state index in [1.54, 1.807) is 0 Å². The molecule has 1 heteroatoms. The van der Waals surface area contributed by atoms with Crippen molar-refractivity contribution in [1.82, 2.24) is 5.32 Å². The lowest BCUT2D eigenvalue weighted by atomic mass is 10.0. The highest BCUT2D eigenvalue weighted by Crippen LogP contribution is 2.18. The molecule has 0 spiro atoms. The van der Waals surface area contributed by atoms with Crippen molar-refractivity contribution in [2.24, 2.45) is 0 Å². The van der Waals surface area contributed by atoms with Gasteiger partial charge in [-0.25, -0.2) is 0 Å². The first-order chi connectivity index (χ1) is 7.38. The van der Waals surface area contributed by atoms with E-state index in [9.17, 15) is 0 Å². The molecule has 1 unspecified atom stereocenters. The van der Waals surface area contributed by atoms with Gasteiger partial charge in [0.2, 0.25) is 0 Å². The highest BCUT2D eigenvalue weighted by Gasteiger charge is 2.08. The minimum atomic E-state index is 0.476. The first-order valence-corrected chi connectivity index (χ1v) is 5.77. The Morgan fingerprint density at radius 3 is 2.67 bits per heavy atom. The summed E-state index contributed by atoms with van der Waals surface area (Å²) in [4.78, 5) is 0. The van der Waals surface area contributed by atoms with E-state index in [0.717, 1.165) is 19.4 Å². The Morgan fingerprint density at radius 1 is 1.33 bits per heavy atom. The standard InChI is InChI=1S/C14H21N/c1-3-5-11-14(15-12-4-2)13-9-7-6-8-10-13/h3,6-10,14-15H,1,4-5,11-12H2,2H3. The number of benzene rings is 1. The van der Waals surface area contributed by atoms with Gasteiger partial charge < -0.3 is 5.32 Å². The van der Waals surface area contributed by atoms with Crippen LogP contribution in [-0.2, 0) is 0 Å². The lowest BCUT2D eigenvalue weighted by Crippen LogP contribution is -2.21. The molecule has 0 bridgehead atoms. The van der Waals surface area contributed by atoms with E-state index in [4.69, 9.17) is 0 Å². The van der Waals surface area contributed by atoms with Gasteiger partial charge >= 0.3 is 0 Å². The fourth-order valence-electron chi connectivity index (χ4n) is 1.68. The van der Waals surface area contributed by atoms with Crippen LogP contribution in [0.4, 0.5) is 0 Å². The highest BCUT2D eigenvalue weighted by molar-refractivity contribution is 5.18. The molecule has 0 heterocycles. The Morgan fingerprint density at radius 2 is 2.07 bits per heavy atom. The van der Waals surface area contributed by atoms with Crippen LogP contribution in [0.3, 0.4) is 0 Å². The van der Waals surface area contributed by atoms with Crippen LogP contribution in [0.5, 0.6) is 0 Å². The molecule has 1 aromatic rings. The zero-order valence-corrected chi connectivity index (χ0v) is 9.58. The smallest absolute Gasteiger partial charge is 0.0323 e. The van der Waals surface area contributed by atoms with Crippen LogP contribution in [0.25, 0.3) is 0 Å². The second kappa shape index (κ2) is 7.24. The van der Waals surface area contributed by atoms with Gasteiger partial charge in [-0.05, 0) is 31.4 Å². The Hall–Kier alpha value is -1.08. The number of hydrogen-bond acceptors (Lipinski definition) is 1. The van der Waals surface area contributed by atoms with Gasteiger partial charge in [-0.3, -0.25) is 0 Å². The molecule has 0 fully saturated rings. The number of allylic oxidation sites excluding steroid dienone is 1. The maximum absolute atomic E-state index is 3.78.